The summed E-state index contributed by atoms with van der Waals surface area (Å²) in [7, 11) is 0. The third kappa shape index (κ3) is 5.83. The van der Waals surface area contributed by atoms with Crippen LogP contribution in [0, 0.1) is 0 Å². The molecule has 1 aromatic heterocycles. The van der Waals surface area contributed by atoms with Crippen molar-refractivity contribution in [1.29, 1.82) is 0 Å². The number of nitrogens with zero attached hydrogens (tertiary/aromatic N) is 1. The first kappa shape index (κ1) is 20.4. The summed E-state index contributed by atoms with van der Waals surface area (Å²) in [6.07, 6.45) is 8.56. The van der Waals surface area contributed by atoms with Gasteiger partial charge in [-0.1, -0.05) is 31.0 Å². The molecule has 0 saturated carbocycles. The second kappa shape index (κ2) is 10.3. The molecule has 2 heterocycles. The fourth-order valence-corrected chi connectivity index (χ4v) is 3.97. The van der Waals surface area contributed by atoms with E-state index in [1.165, 1.54) is 45.7 Å². The van der Waals surface area contributed by atoms with Crippen molar-refractivity contribution in [2.75, 3.05) is 26.2 Å². The topological polar surface area (TPSA) is 77.2 Å². The number of H-pyrrole nitrogens is 1. The number of carbonyl (C=O) groups excluding carboxylic acids is 2. The van der Waals surface area contributed by atoms with Crippen molar-refractivity contribution in [1.82, 2.24) is 20.5 Å². The monoisotopic (exact) mass is 384 g/mol. The van der Waals surface area contributed by atoms with E-state index in [1.54, 1.807) is 0 Å². The molecule has 0 bridgehead atoms. The number of aromatic nitrogens is 1. The lowest BCUT2D eigenvalue weighted by atomic mass is 10.0. The summed E-state index contributed by atoms with van der Waals surface area (Å²) < 4.78 is 0. The van der Waals surface area contributed by atoms with E-state index in [-0.39, 0.29) is 11.8 Å². The Morgan fingerprint density at radius 2 is 1.89 bits per heavy atom. The highest BCUT2D eigenvalue weighted by Gasteiger charge is 2.21. The van der Waals surface area contributed by atoms with Crippen molar-refractivity contribution in [2.45, 2.75) is 51.5 Å². The van der Waals surface area contributed by atoms with Gasteiger partial charge in [-0.25, -0.2) is 0 Å². The van der Waals surface area contributed by atoms with Crippen molar-refractivity contribution in [3.8, 4) is 0 Å². The highest BCUT2D eigenvalue weighted by molar-refractivity contribution is 5.89. The Hall–Kier alpha value is -2.34. The number of nitrogens with one attached hydrogen (secondary N) is 3. The molecule has 2 amide bonds. The van der Waals surface area contributed by atoms with Gasteiger partial charge in [0.25, 0.3) is 0 Å². The highest BCUT2D eigenvalue weighted by atomic mass is 16.2. The van der Waals surface area contributed by atoms with Gasteiger partial charge in [0, 0.05) is 37.0 Å². The minimum absolute atomic E-state index is 0.114. The van der Waals surface area contributed by atoms with Crippen LogP contribution in [0.15, 0.2) is 30.5 Å². The first-order valence-corrected chi connectivity index (χ1v) is 10.5. The van der Waals surface area contributed by atoms with Gasteiger partial charge in [0.2, 0.25) is 11.8 Å². The van der Waals surface area contributed by atoms with E-state index in [0.29, 0.717) is 13.0 Å². The lowest BCUT2D eigenvalue weighted by molar-refractivity contribution is -0.128. The fourth-order valence-electron chi connectivity index (χ4n) is 3.97. The second-order valence-electron chi connectivity index (χ2n) is 7.72. The lowest BCUT2D eigenvalue weighted by Gasteiger charge is -2.21. The molecule has 152 valence electrons. The zero-order valence-electron chi connectivity index (χ0n) is 16.8. The Morgan fingerprint density at radius 3 is 2.64 bits per heavy atom. The van der Waals surface area contributed by atoms with Crippen LogP contribution in [0.2, 0.25) is 0 Å². The van der Waals surface area contributed by atoms with Gasteiger partial charge in [-0.05, 0) is 50.5 Å². The molecule has 28 heavy (non-hydrogen) atoms. The number of fused-ring (bicyclic) bond motifs is 1. The Labute approximate surface area is 167 Å². The Balaban J connectivity index is 1.52. The van der Waals surface area contributed by atoms with E-state index in [1.807, 2.05) is 30.5 Å². The van der Waals surface area contributed by atoms with Crippen LogP contribution in [-0.2, 0) is 16.0 Å². The number of hydrogen-bond donors (Lipinski definition) is 3. The highest BCUT2D eigenvalue weighted by Crippen LogP contribution is 2.19. The van der Waals surface area contributed by atoms with Gasteiger partial charge in [-0.15, -0.1) is 0 Å². The Kier molecular flexibility index (Phi) is 7.48. The largest absolute Gasteiger partial charge is 0.361 e. The van der Waals surface area contributed by atoms with Gasteiger partial charge in [0.05, 0.1) is 0 Å². The third-order valence-corrected chi connectivity index (χ3v) is 5.44. The van der Waals surface area contributed by atoms with Gasteiger partial charge < -0.3 is 20.5 Å². The van der Waals surface area contributed by atoms with Gasteiger partial charge in [0.1, 0.15) is 6.04 Å². The van der Waals surface area contributed by atoms with Gasteiger partial charge >= 0.3 is 0 Å². The molecule has 6 nitrogen and oxygen atoms in total. The number of benzene rings is 1. The summed E-state index contributed by atoms with van der Waals surface area (Å²) in [6.45, 7) is 5.45. The molecule has 0 radical (unpaired) electrons. The average Bonchev–Trinajstić information content (AvgIpc) is 2.90. The molecule has 1 unspecified atom stereocenters. The molecular weight excluding hydrogens is 352 g/mol. The third-order valence-electron chi connectivity index (χ3n) is 5.44. The zero-order valence-corrected chi connectivity index (χ0v) is 16.8. The summed E-state index contributed by atoms with van der Waals surface area (Å²) in [5, 5.41) is 6.91. The molecule has 1 aromatic carbocycles. The first-order valence-electron chi connectivity index (χ1n) is 10.5. The van der Waals surface area contributed by atoms with Crippen LogP contribution in [0.4, 0.5) is 0 Å². The molecule has 2 aromatic rings. The molecular formula is C22H32N4O2. The molecule has 0 spiro atoms. The van der Waals surface area contributed by atoms with E-state index in [2.05, 4.69) is 20.5 Å². The molecule has 6 heteroatoms. The minimum atomic E-state index is -0.560. The standard InChI is InChI=1S/C22H32N4O2/c1-17(27)25-21(15-18-16-24-20-10-5-4-9-19(18)20)22(28)23-11-8-14-26-12-6-2-3-7-13-26/h4-5,9-10,16,21,24H,2-3,6-8,11-15H2,1H3,(H,23,28)(H,25,27). The smallest absolute Gasteiger partial charge is 0.242 e. The quantitative estimate of drug-likeness (QED) is 0.612. The minimum Gasteiger partial charge on any atom is -0.361 e. The molecule has 1 atom stereocenters. The van der Waals surface area contributed by atoms with Crippen LogP contribution in [0.25, 0.3) is 10.9 Å². The van der Waals surface area contributed by atoms with E-state index < -0.39 is 6.04 Å². The van der Waals surface area contributed by atoms with Crippen molar-refractivity contribution >= 4 is 22.7 Å². The van der Waals surface area contributed by atoms with Gasteiger partial charge in [-0.3, -0.25) is 9.59 Å². The number of likely N-dealkylation sites (tertiary alicyclic amines) is 1. The second-order valence-corrected chi connectivity index (χ2v) is 7.72. The number of carbonyl (C=O) groups is 2. The van der Waals surface area contributed by atoms with Crippen LogP contribution in [0.5, 0.6) is 0 Å². The van der Waals surface area contributed by atoms with E-state index >= 15 is 0 Å². The maximum atomic E-state index is 12.7. The van der Waals surface area contributed by atoms with Gasteiger partial charge in [0.15, 0.2) is 0 Å². The molecule has 1 aliphatic rings. The van der Waals surface area contributed by atoms with Gasteiger partial charge in [-0.2, -0.15) is 0 Å². The van der Waals surface area contributed by atoms with E-state index in [9.17, 15) is 9.59 Å². The number of aromatic amines is 1. The van der Waals surface area contributed by atoms with E-state index in [0.717, 1.165) is 29.4 Å². The fraction of sp³-hybridized carbons (Fsp3) is 0.545. The Morgan fingerprint density at radius 1 is 1.14 bits per heavy atom. The molecule has 3 rings (SSSR count). The van der Waals surface area contributed by atoms with Crippen LogP contribution < -0.4 is 10.6 Å². The lowest BCUT2D eigenvalue weighted by Crippen LogP contribution is -2.47. The predicted octanol–water partition coefficient (Wildman–Crippen LogP) is 2.60. The molecule has 0 aliphatic carbocycles. The van der Waals surface area contributed by atoms with Crippen molar-refractivity contribution in [3.63, 3.8) is 0 Å². The summed E-state index contributed by atoms with van der Waals surface area (Å²) in [4.78, 5) is 30.0. The summed E-state index contributed by atoms with van der Waals surface area (Å²) in [5.41, 5.74) is 2.07. The normalized spacial score (nSPS) is 16.5. The van der Waals surface area contributed by atoms with Crippen LogP contribution in [0.3, 0.4) is 0 Å². The maximum absolute atomic E-state index is 12.7. The summed E-state index contributed by atoms with van der Waals surface area (Å²) in [6, 6.07) is 7.44. The van der Waals surface area contributed by atoms with Crippen LogP contribution >= 0.6 is 0 Å². The molecule has 1 aliphatic heterocycles. The number of amides is 2. The molecule has 3 N–H and O–H groups in total. The molecule has 1 fully saturated rings. The summed E-state index contributed by atoms with van der Waals surface area (Å²) in [5.74, 6) is -0.305. The van der Waals surface area contributed by atoms with Crippen LogP contribution in [0.1, 0.15) is 44.6 Å². The average molecular weight is 385 g/mol. The Bertz CT molecular complexity index is 778. The molecule has 1 saturated heterocycles. The van der Waals surface area contributed by atoms with E-state index in [4.69, 9.17) is 0 Å². The van der Waals surface area contributed by atoms with Crippen molar-refractivity contribution in [3.05, 3.63) is 36.0 Å². The zero-order chi connectivity index (χ0) is 19.8. The first-order chi connectivity index (χ1) is 13.6. The predicted molar refractivity (Wildman–Crippen MR) is 112 cm³/mol. The van der Waals surface area contributed by atoms with Crippen molar-refractivity contribution < 1.29 is 9.59 Å². The maximum Gasteiger partial charge on any atom is 0.242 e. The number of para-hydroxylation sites is 1. The van der Waals surface area contributed by atoms with Crippen molar-refractivity contribution in [2.24, 2.45) is 0 Å². The number of hydrogen-bond acceptors (Lipinski definition) is 3. The summed E-state index contributed by atoms with van der Waals surface area (Å²) >= 11 is 0. The SMILES string of the molecule is CC(=O)NC(Cc1c[nH]c2ccccc12)C(=O)NCCCN1CCCCCC1. The number of rotatable bonds is 8. The van der Waals surface area contributed by atoms with Crippen LogP contribution in [-0.4, -0.2) is 53.9 Å².